The van der Waals surface area contributed by atoms with Crippen LogP contribution in [0, 0.1) is 0 Å². The number of ketones is 2. The van der Waals surface area contributed by atoms with Gasteiger partial charge >= 0.3 is 18.2 Å². The number of carbonyl (C=O) groups excluding carboxylic acids is 11. The summed E-state index contributed by atoms with van der Waals surface area (Å²) in [7, 11) is 0. The molecule has 0 saturated carbocycles. The number of nitrogens with two attached hydrogens (primary N) is 3. The van der Waals surface area contributed by atoms with Crippen LogP contribution >= 0.6 is 40.7 Å². The van der Waals surface area contributed by atoms with Gasteiger partial charge in [-0.3, -0.25) is 43.4 Å². The van der Waals surface area contributed by atoms with Gasteiger partial charge in [-0.05, 0) is 179 Å². The van der Waals surface area contributed by atoms with Crippen molar-refractivity contribution in [3.05, 3.63) is 192 Å². The van der Waals surface area contributed by atoms with Crippen LogP contribution in [-0.2, 0) is 38.2 Å². The quantitative estimate of drug-likeness (QED) is 0.00679. The van der Waals surface area contributed by atoms with Crippen LogP contribution in [0.5, 0.6) is 57.5 Å². The van der Waals surface area contributed by atoms with Crippen LogP contribution in [0.2, 0.25) is 0 Å². The molecule has 678 valence electrons. The van der Waals surface area contributed by atoms with Crippen molar-refractivity contribution in [2.45, 2.75) is 138 Å². The number of Topliss-reactive ketones (excluding diaryl/α,β-unsaturated/α-hetero) is 2. The predicted molar refractivity (Wildman–Crippen MR) is 475 cm³/mol. The van der Waals surface area contributed by atoms with E-state index in [0.717, 1.165) is 17.5 Å². The fraction of sp³-hybridized carbons (Fsp3) is 0.411. The number of carbonyl (C=O) groups is 11. The van der Waals surface area contributed by atoms with Crippen molar-refractivity contribution in [2.75, 3.05) is 104 Å². The van der Waals surface area contributed by atoms with Crippen LogP contribution in [0.15, 0.2) is 170 Å². The number of phenols is 1. The lowest BCUT2D eigenvalue weighted by Gasteiger charge is -2.19. The Kier molecular flexibility index (Phi) is 52.9. The van der Waals surface area contributed by atoms with E-state index in [4.69, 9.17) is 69.3 Å². The second-order valence-electron chi connectivity index (χ2n) is 28.6. The van der Waals surface area contributed by atoms with Crippen molar-refractivity contribution in [2.24, 2.45) is 17.2 Å². The highest BCUT2D eigenvalue weighted by Gasteiger charge is 2.36. The molecule has 7 aromatic carbocycles. The van der Waals surface area contributed by atoms with E-state index in [2.05, 4.69) is 31.3 Å². The number of primary amides is 2. The van der Waals surface area contributed by atoms with Gasteiger partial charge in [-0.2, -0.15) is 0 Å². The summed E-state index contributed by atoms with van der Waals surface area (Å²) < 4.78 is 64.7. The highest BCUT2D eigenvalue weighted by atomic mass is 79.9. The van der Waals surface area contributed by atoms with Crippen LogP contribution in [-0.4, -0.2) is 195 Å². The third-order valence-electron chi connectivity index (χ3n) is 15.8. The summed E-state index contributed by atoms with van der Waals surface area (Å²) in [6, 6.07) is 48.8. The lowest BCUT2D eigenvalue weighted by Crippen LogP contribution is -2.34. The molecule has 124 heavy (non-hydrogen) atoms. The van der Waals surface area contributed by atoms with E-state index in [9.17, 15) is 57.8 Å². The van der Waals surface area contributed by atoms with E-state index in [-0.39, 0.29) is 110 Å². The van der Waals surface area contributed by atoms with Crippen LogP contribution in [0.4, 0.5) is 9.59 Å². The minimum atomic E-state index is -0.523. The molecular weight excluding hydrogens is 1710 g/mol. The lowest BCUT2D eigenvalue weighted by atomic mass is 10.1. The molecule has 9 N–H and O–H groups in total. The summed E-state index contributed by atoms with van der Waals surface area (Å²) >= 11 is 3.22. The number of alkyl halides is 1. The maximum atomic E-state index is 12.3. The zero-order chi connectivity index (χ0) is 89.7. The first-order valence-electron chi connectivity index (χ1n) is 39.9. The molecule has 9 rings (SSSR count). The number of imide groups is 2. The number of phenolic OH excluding ortho intramolecular Hbond substituents is 1. The maximum absolute atomic E-state index is 12.3. The molecule has 0 unspecified atom stereocenters. The molecule has 7 aromatic rings. The standard InChI is InChI=1S/C21H21NO5.C18H27NO5.C17H26N2O5.C16H13NO4.C12H18N2O3.C6H11BrO2.2ClH/c1-15(23)6-5-12-26-16-7-4-8-17(14-16)27-13-11-22-20(24)18-9-2-3-10-19(18)21(22)25;1-14(20)7-6-11-22-15-8-5-9-16(13-15)23-12-10-19-17(21)24-18(2,3)4;1-17(2,3)24-16(21)19-9-11-23-14-7-4-6-13(12-14)22-10-5-8-15(18)20;18-11-4-3-5-12(10-11)21-9-8-17-15(19)13-6-1-2-7-14(13)16(17)20;13-6-8-17-11-4-1-3-10(9-11)16-7-2-5-12(14)15;1-2-9-6(8)4-3-5-7;;/h2-4,7-10,14H,5-6,11-13H2,1H3;5,8-9,13H,6-7,10-12H2,1-4H3,(H,19,21);4,6-7,12H,5,8-11H2,1-3H3,(H2,18,20)(H,19,21);1-7,10,18H,8-9H2;1,3-4,9H,2,5-8,13H2,(H2,14,15);2-5H2,1H3;2*1H. The molecule has 0 saturated heterocycles. The second kappa shape index (κ2) is 60.6. The Morgan fingerprint density at radius 2 is 0.669 bits per heavy atom. The van der Waals surface area contributed by atoms with Gasteiger partial charge in [-0.15, -0.1) is 24.8 Å². The number of alkyl carbamates (subject to hydrolysis) is 2. The second-order valence-corrected chi connectivity index (χ2v) is 29.4. The maximum Gasteiger partial charge on any atom is 0.407 e. The van der Waals surface area contributed by atoms with E-state index in [1.54, 1.807) is 150 Å². The third-order valence-corrected chi connectivity index (χ3v) is 16.4. The summed E-state index contributed by atoms with van der Waals surface area (Å²) in [5.74, 6) is 4.29. The number of esters is 1. The van der Waals surface area contributed by atoms with Crippen LogP contribution in [0.1, 0.15) is 168 Å². The Hall–Kier alpha value is -11.9. The Morgan fingerprint density at radius 3 is 0.944 bits per heavy atom. The van der Waals surface area contributed by atoms with Crippen LogP contribution < -0.4 is 70.5 Å². The van der Waals surface area contributed by atoms with Gasteiger partial charge in [0.15, 0.2) is 0 Å². The predicted octanol–water partition coefficient (Wildman–Crippen LogP) is 14.0. The Labute approximate surface area is 745 Å². The molecule has 2 aliphatic heterocycles. The summed E-state index contributed by atoms with van der Waals surface area (Å²) in [5.41, 5.74) is 16.1. The molecule has 0 radical (unpaired) electrons. The van der Waals surface area contributed by atoms with Gasteiger partial charge in [0.1, 0.15) is 113 Å². The number of amides is 8. The number of hydrogen-bond donors (Lipinski definition) is 6. The third kappa shape index (κ3) is 47.0. The summed E-state index contributed by atoms with van der Waals surface area (Å²) in [6.45, 7) is 21.1. The molecule has 0 aromatic heterocycles. The first kappa shape index (κ1) is 108. The zero-order valence-electron chi connectivity index (χ0n) is 71.7. The van der Waals surface area contributed by atoms with E-state index in [0.29, 0.717) is 199 Å². The molecule has 0 bridgehead atoms. The zero-order valence-corrected chi connectivity index (χ0v) is 74.9. The SMILES string of the molecule is CC(=O)CCCOc1cccc(OCCN2C(=O)c3ccccc3C2=O)c1.CC(=O)CCCOc1cccc(OCCNC(=O)OC(C)(C)C)c1.CC(C)(C)OC(=O)NCCOc1cccc(OCCCC(N)=O)c1.CCOC(=O)CCCBr.Cl.Cl.NCCOc1cccc(OCCCC(N)=O)c1.O=C1c2ccccc2C(=O)N1CCOc1cccc(O)c1. The fourth-order valence-electron chi connectivity index (χ4n) is 10.4. The van der Waals surface area contributed by atoms with Gasteiger partial charge in [0.05, 0.1) is 81.5 Å². The van der Waals surface area contributed by atoms with E-state index < -0.39 is 23.4 Å². The largest absolute Gasteiger partial charge is 0.508 e. The minimum Gasteiger partial charge on any atom is -0.508 e. The summed E-state index contributed by atoms with van der Waals surface area (Å²) in [5, 5.41) is 15.4. The lowest BCUT2D eigenvalue weighted by molar-refractivity contribution is -0.143. The molecule has 31 nitrogen and oxygen atoms in total. The minimum absolute atomic E-state index is 0. The Morgan fingerprint density at radius 1 is 0.387 bits per heavy atom. The normalized spacial score (nSPS) is 11.3. The Balaban J connectivity index is 0.000000513. The molecule has 0 aliphatic carbocycles. The molecule has 8 amide bonds. The molecule has 2 heterocycles. The van der Waals surface area contributed by atoms with Crippen molar-refractivity contribution in [3.8, 4) is 57.5 Å². The van der Waals surface area contributed by atoms with Crippen molar-refractivity contribution in [3.63, 3.8) is 0 Å². The first-order valence-corrected chi connectivity index (χ1v) is 41.1. The average Bonchev–Trinajstić information content (AvgIpc) is 1.65. The number of rotatable bonds is 43. The van der Waals surface area contributed by atoms with Crippen molar-refractivity contribution >= 4 is 106 Å². The van der Waals surface area contributed by atoms with E-state index >= 15 is 0 Å². The molecule has 0 spiro atoms. The number of hydrogen-bond acceptors (Lipinski definition) is 25. The molecule has 0 fully saturated rings. The van der Waals surface area contributed by atoms with Gasteiger partial charge < -0.3 is 99.4 Å². The summed E-state index contributed by atoms with van der Waals surface area (Å²) in [4.78, 5) is 128. The van der Waals surface area contributed by atoms with Gasteiger partial charge in [-0.25, -0.2) is 9.59 Å². The van der Waals surface area contributed by atoms with Crippen LogP contribution in [0.25, 0.3) is 0 Å². The average molecular weight is 1830 g/mol. The van der Waals surface area contributed by atoms with Gasteiger partial charge in [0.2, 0.25) is 11.8 Å². The van der Waals surface area contributed by atoms with Gasteiger partial charge in [0.25, 0.3) is 23.6 Å². The van der Waals surface area contributed by atoms with E-state index in [1.807, 2.05) is 70.2 Å². The summed E-state index contributed by atoms with van der Waals surface area (Å²) in [6.07, 6.45) is 4.65. The number of fused-ring (bicyclic) bond motifs is 2. The van der Waals surface area contributed by atoms with E-state index in [1.165, 1.54) is 21.9 Å². The number of nitrogens with one attached hydrogen (secondary N) is 2. The number of ether oxygens (including phenoxy) is 12. The number of benzene rings is 7. The van der Waals surface area contributed by atoms with Crippen molar-refractivity contribution in [1.29, 1.82) is 0 Å². The molecule has 34 heteroatoms. The number of halogens is 3. The number of aromatic hydroxyl groups is 1. The highest BCUT2D eigenvalue weighted by molar-refractivity contribution is 9.09. The smallest absolute Gasteiger partial charge is 0.407 e. The van der Waals surface area contributed by atoms with Crippen molar-refractivity contribution in [1.82, 2.24) is 20.4 Å². The fourth-order valence-corrected chi connectivity index (χ4v) is 10.7. The number of nitrogens with zero attached hydrogens (tertiary/aromatic N) is 2. The highest BCUT2D eigenvalue weighted by Crippen LogP contribution is 2.28. The van der Waals surface area contributed by atoms with Gasteiger partial charge in [-0.1, -0.05) is 70.5 Å². The molecule has 0 atom stereocenters. The monoisotopic (exact) mass is 1830 g/mol. The van der Waals surface area contributed by atoms with Crippen LogP contribution in [0.3, 0.4) is 0 Å². The molecule has 2 aliphatic rings. The Bertz CT molecular complexity index is 4280. The first-order chi connectivity index (χ1) is 58.3. The molecular formula is C90H118BrCl2N7O24. The van der Waals surface area contributed by atoms with Crippen molar-refractivity contribution < 1.29 is 115 Å². The topological polar surface area (TPSA) is 427 Å². The van der Waals surface area contributed by atoms with Gasteiger partial charge in [0, 0.05) is 74.3 Å².